The molecule has 3 N–H and O–H groups in total. The van der Waals surface area contributed by atoms with E-state index in [4.69, 9.17) is 10.5 Å². The van der Waals surface area contributed by atoms with Crippen LogP contribution in [-0.4, -0.2) is 23.2 Å². The highest BCUT2D eigenvalue weighted by Crippen LogP contribution is 2.55. The van der Waals surface area contributed by atoms with Gasteiger partial charge in [-0.3, -0.25) is 9.89 Å². The van der Waals surface area contributed by atoms with E-state index in [9.17, 15) is 10.1 Å². The number of aryl methyl sites for hydroxylation is 1. The number of fused-ring (bicyclic) bond motifs is 4. The van der Waals surface area contributed by atoms with Crippen LogP contribution in [0, 0.1) is 18.3 Å². The number of benzene rings is 1. The van der Waals surface area contributed by atoms with Crippen LogP contribution in [-0.2, 0) is 10.2 Å². The van der Waals surface area contributed by atoms with Gasteiger partial charge in [0, 0.05) is 28.5 Å². The number of carbonyl (C=O) groups excluding carboxylic acids is 1. The third-order valence-corrected chi connectivity index (χ3v) is 5.07. The van der Waals surface area contributed by atoms with Gasteiger partial charge in [0.2, 0.25) is 17.7 Å². The lowest BCUT2D eigenvalue weighted by atomic mass is 9.69. The topological polar surface area (TPSA) is 108 Å². The number of nitrogens with one attached hydrogen (secondary N) is 1. The molecule has 1 spiro atoms. The van der Waals surface area contributed by atoms with Gasteiger partial charge < -0.3 is 15.4 Å². The highest BCUT2D eigenvalue weighted by molar-refractivity contribution is 9.10. The number of H-pyrrole nitrogens is 1. The number of ether oxygens (including phenoxy) is 1. The van der Waals surface area contributed by atoms with Gasteiger partial charge in [-0.05, 0) is 25.1 Å². The highest BCUT2D eigenvalue weighted by atomic mass is 79.9. The van der Waals surface area contributed by atoms with Crippen molar-refractivity contribution >= 4 is 27.5 Å². The van der Waals surface area contributed by atoms with Crippen LogP contribution < -0.4 is 15.4 Å². The molecule has 2 aliphatic rings. The lowest BCUT2D eigenvalue weighted by Crippen LogP contribution is -2.45. The summed E-state index contributed by atoms with van der Waals surface area (Å²) in [6.45, 7) is 1.79. The van der Waals surface area contributed by atoms with E-state index in [0.717, 1.165) is 10.2 Å². The van der Waals surface area contributed by atoms with Gasteiger partial charge in [-0.15, -0.1) is 5.10 Å². The zero-order valence-electron chi connectivity index (χ0n) is 12.8. The van der Waals surface area contributed by atoms with Crippen molar-refractivity contribution in [2.75, 3.05) is 11.9 Å². The lowest BCUT2D eigenvalue weighted by Gasteiger charge is -2.32. The molecule has 1 amide bonds. The van der Waals surface area contributed by atoms with E-state index in [1.807, 2.05) is 18.2 Å². The van der Waals surface area contributed by atoms with Gasteiger partial charge >= 0.3 is 0 Å². The Morgan fingerprint density at radius 2 is 2.25 bits per heavy atom. The average Bonchev–Trinajstić information content (AvgIpc) is 3.01. The van der Waals surface area contributed by atoms with Crippen LogP contribution >= 0.6 is 15.9 Å². The molecule has 3 heterocycles. The normalized spacial score (nSPS) is 21.6. The molecule has 1 atom stereocenters. The summed E-state index contributed by atoms with van der Waals surface area (Å²) >= 11 is 3.45. The Bertz CT molecular complexity index is 987. The maximum atomic E-state index is 13.4. The maximum absolute atomic E-state index is 13.4. The van der Waals surface area contributed by atoms with Crippen molar-refractivity contribution in [3.63, 3.8) is 0 Å². The first-order valence-electron chi connectivity index (χ1n) is 7.14. The Balaban J connectivity index is 2.21. The molecule has 2 aromatic rings. The van der Waals surface area contributed by atoms with Gasteiger partial charge in [-0.1, -0.05) is 15.9 Å². The molecule has 8 heteroatoms. The van der Waals surface area contributed by atoms with Crippen molar-refractivity contribution < 1.29 is 9.53 Å². The fourth-order valence-electron chi connectivity index (χ4n) is 3.59. The predicted octanol–water partition coefficient (Wildman–Crippen LogP) is 1.83. The van der Waals surface area contributed by atoms with Gasteiger partial charge in [-0.2, -0.15) is 5.26 Å². The second-order valence-corrected chi connectivity index (χ2v) is 6.67. The summed E-state index contributed by atoms with van der Waals surface area (Å²) in [5, 5.41) is 16.7. The van der Waals surface area contributed by atoms with E-state index >= 15 is 0 Å². The van der Waals surface area contributed by atoms with E-state index < -0.39 is 5.41 Å². The fraction of sp³-hybridized carbons (Fsp3) is 0.188. The number of hydrogen-bond acceptors (Lipinski definition) is 5. The summed E-state index contributed by atoms with van der Waals surface area (Å²) in [6, 6.07) is 7.60. The van der Waals surface area contributed by atoms with E-state index in [1.54, 1.807) is 14.0 Å². The Hall–Kier alpha value is -2.79. The molecule has 0 bridgehead atoms. The summed E-state index contributed by atoms with van der Waals surface area (Å²) in [5.41, 5.74) is 7.28. The second-order valence-electron chi connectivity index (χ2n) is 5.76. The number of hydrogen-bond donors (Lipinski definition) is 2. The first-order chi connectivity index (χ1) is 11.4. The van der Waals surface area contributed by atoms with Crippen molar-refractivity contribution in [2.45, 2.75) is 12.3 Å². The molecule has 0 saturated carbocycles. The molecular weight excluding hydrogens is 374 g/mol. The minimum absolute atomic E-state index is 0.0770. The molecule has 0 aliphatic carbocycles. The summed E-state index contributed by atoms with van der Waals surface area (Å²) in [4.78, 5) is 14.9. The van der Waals surface area contributed by atoms with Crippen molar-refractivity contribution in [3.8, 4) is 11.9 Å². The predicted molar refractivity (Wildman–Crippen MR) is 89.1 cm³/mol. The Morgan fingerprint density at radius 3 is 2.96 bits per heavy atom. The standard InChI is InChI=1S/C16H12BrN5O2/c1-7-12-14(21-20-7)24-13(19)10(6-18)16(12)9-5-8(17)3-4-11(9)22(2)15(16)23/h3-5H,19H2,1-2H3,(H,20,21). The minimum atomic E-state index is -1.35. The summed E-state index contributed by atoms with van der Waals surface area (Å²) in [5.74, 6) is -0.145. The summed E-state index contributed by atoms with van der Waals surface area (Å²) < 4.78 is 6.28. The number of nitrogens with two attached hydrogens (primary N) is 1. The number of halogens is 1. The monoisotopic (exact) mass is 385 g/mol. The van der Waals surface area contributed by atoms with Crippen LogP contribution in [0.5, 0.6) is 5.88 Å². The summed E-state index contributed by atoms with van der Waals surface area (Å²) in [7, 11) is 1.68. The maximum Gasteiger partial charge on any atom is 0.247 e. The van der Waals surface area contributed by atoms with Gasteiger partial charge in [0.1, 0.15) is 17.1 Å². The molecule has 0 saturated heterocycles. The molecule has 7 nitrogen and oxygen atoms in total. The Morgan fingerprint density at radius 1 is 1.50 bits per heavy atom. The molecular formula is C16H12BrN5O2. The van der Waals surface area contributed by atoms with Crippen LogP contribution in [0.4, 0.5) is 5.69 Å². The van der Waals surface area contributed by atoms with Crippen LogP contribution in [0.15, 0.2) is 34.1 Å². The third kappa shape index (κ3) is 1.50. The number of aromatic amines is 1. The van der Waals surface area contributed by atoms with E-state index in [-0.39, 0.29) is 23.2 Å². The number of nitriles is 1. The quantitative estimate of drug-likeness (QED) is 0.718. The molecule has 4 rings (SSSR count). The Kier molecular flexibility index (Phi) is 2.84. The van der Waals surface area contributed by atoms with Crippen LogP contribution in [0.1, 0.15) is 16.8 Å². The first kappa shape index (κ1) is 14.8. The van der Waals surface area contributed by atoms with Crippen LogP contribution in [0.2, 0.25) is 0 Å². The van der Waals surface area contributed by atoms with Crippen molar-refractivity contribution in [3.05, 3.63) is 50.9 Å². The number of anilines is 1. The van der Waals surface area contributed by atoms with Gasteiger partial charge in [-0.25, -0.2) is 0 Å². The highest BCUT2D eigenvalue weighted by Gasteiger charge is 2.60. The molecule has 1 aromatic heterocycles. The number of carbonyl (C=O) groups is 1. The first-order valence-corrected chi connectivity index (χ1v) is 7.94. The largest absolute Gasteiger partial charge is 0.420 e. The Labute approximate surface area is 145 Å². The number of amides is 1. The molecule has 1 aromatic carbocycles. The number of nitrogens with zero attached hydrogens (tertiary/aromatic N) is 3. The minimum Gasteiger partial charge on any atom is -0.420 e. The van der Waals surface area contributed by atoms with Crippen molar-refractivity contribution in [2.24, 2.45) is 5.73 Å². The molecule has 1 unspecified atom stereocenters. The van der Waals surface area contributed by atoms with Crippen LogP contribution in [0.25, 0.3) is 0 Å². The molecule has 120 valence electrons. The van der Waals surface area contributed by atoms with Crippen LogP contribution in [0.3, 0.4) is 0 Å². The fourth-order valence-corrected chi connectivity index (χ4v) is 3.95. The lowest BCUT2D eigenvalue weighted by molar-refractivity contribution is -0.120. The van der Waals surface area contributed by atoms with Crippen molar-refractivity contribution in [1.29, 1.82) is 5.26 Å². The van der Waals surface area contributed by atoms with E-state index in [0.29, 0.717) is 16.8 Å². The summed E-state index contributed by atoms with van der Waals surface area (Å²) in [6.07, 6.45) is 0. The van der Waals surface area contributed by atoms with E-state index in [1.165, 1.54) is 4.90 Å². The number of rotatable bonds is 0. The van der Waals surface area contributed by atoms with Gasteiger partial charge in [0.25, 0.3) is 0 Å². The number of likely N-dealkylation sites (N-methyl/N-ethyl adjacent to an activating group) is 1. The second kappa shape index (κ2) is 4.61. The van der Waals surface area contributed by atoms with Gasteiger partial charge in [0.15, 0.2) is 0 Å². The zero-order valence-corrected chi connectivity index (χ0v) is 14.4. The third-order valence-electron chi connectivity index (χ3n) is 4.58. The molecule has 0 fully saturated rings. The smallest absolute Gasteiger partial charge is 0.247 e. The van der Waals surface area contributed by atoms with Gasteiger partial charge in [0.05, 0.1) is 5.56 Å². The van der Waals surface area contributed by atoms with E-state index in [2.05, 4.69) is 32.2 Å². The zero-order chi connectivity index (χ0) is 17.2. The van der Waals surface area contributed by atoms with Crippen molar-refractivity contribution in [1.82, 2.24) is 10.2 Å². The average molecular weight is 386 g/mol. The number of aromatic nitrogens is 2. The molecule has 2 aliphatic heterocycles. The molecule has 24 heavy (non-hydrogen) atoms. The molecule has 0 radical (unpaired) electrons. The SMILES string of the molecule is Cc1[nH]nc2c1C1(C(=O)N(C)c3ccc(Br)cc31)C(C#N)=C(N)O2.